The van der Waals surface area contributed by atoms with E-state index in [9.17, 15) is 15.2 Å². The molecule has 0 unspecified atom stereocenters. The van der Waals surface area contributed by atoms with E-state index in [1.54, 1.807) is 19.9 Å². The number of benzene rings is 1. The predicted octanol–water partition coefficient (Wildman–Crippen LogP) is 2.24. The van der Waals surface area contributed by atoms with Gasteiger partial charge in [-0.15, -0.1) is 0 Å². The van der Waals surface area contributed by atoms with Crippen LogP contribution in [-0.4, -0.2) is 39.7 Å². The number of hydrogen-bond acceptors (Lipinski definition) is 6. The number of likely N-dealkylation sites (tertiary alicyclic amines) is 1. The first-order chi connectivity index (χ1) is 10.8. The average molecular weight is 321 g/mol. The molecule has 1 aromatic carbocycles. The van der Waals surface area contributed by atoms with Gasteiger partial charge in [-0.3, -0.25) is 15.0 Å². The van der Waals surface area contributed by atoms with Gasteiger partial charge in [0.05, 0.1) is 17.0 Å². The number of anilines is 1. The van der Waals surface area contributed by atoms with E-state index in [1.165, 1.54) is 12.5 Å². The van der Waals surface area contributed by atoms with Gasteiger partial charge in [0.1, 0.15) is 23.1 Å². The molecule has 7 nitrogen and oxygen atoms in total. The van der Waals surface area contributed by atoms with Gasteiger partial charge in [0.2, 0.25) is 0 Å². The summed E-state index contributed by atoms with van der Waals surface area (Å²) >= 11 is 0. The number of aliphatic hydroxyl groups is 1. The molecule has 2 atom stereocenters. The molecule has 1 saturated heterocycles. The summed E-state index contributed by atoms with van der Waals surface area (Å²) in [6.07, 6.45) is 2.63. The third kappa shape index (κ3) is 2.74. The third-order valence-electron chi connectivity index (χ3n) is 4.84. The summed E-state index contributed by atoms with van der Waals surface area (Å²) in [4.78, 5) is 12.9. The van der Waals surface area contributed by atoms with E-state index in [-0.39, 0.29) is 17.4 Å². The summed E-state index contributed by atoms with van der Waals surface area (Å²) in [6.45, 7) is 5.40. The fourth-order valence-electron chi connectivity index (χ4n) is 3.57. The number of nitrogens with zero attached hydrogens (tertiary/aromatic N) is 2. The molecule has 23 heavy (non-hydrogen) atoms. The lowest BCUT2D eigenvalue weighted by Crippen LogP contribution is -2.54. The maximum atomic E-state index is 11.1. The Kier molecular flexibility index (Phi) is 3.93. The topological polar surface area (TPSA) is 102 Å². The number of nitrogen functional groups attached to an aromatic ring is 1. The van der Waals surface area contributed by atoms with Gasteiger partial charge >= 0.3 is 0 Å². The number of rotatable bonds is 2. The Morgan fingerprint density at radius 1 is 1.35 bits per heavy atom. The highest BCUT2D eigenvalue weighted by Gasteiger charge is 2.46. The molecular weight excluding hydrogens is 298 g/mol. The smallest absolute Gasteiger partial charge is 0.295 e. The molecule has 3 N–H and O–H groups in total. The van der Waals surface area contributed by atoms with Gasteiger partial charge < -0.3 is 15.6 Å². The van der Waals surface area contributed by atoms with Crippen molar-refractivity contribution in [3.05, 3.63) is 27.8 Å². The average Bonchev–Trinajstić information content (AvgIpc) is 2.49. The monoisotopic (exact) mass is 321 g/mol. The molecule has 2 heterocycles. The van der Waals surface area contributed by atoms with E-state index < -0.39 is 16.6 Å². The molecule has 0 spiro atoms. The minimum atomic E-state index is -0.820. The van der Waals surface area contributed by atoms with Gasteiger partial charge in [0, 0.05) is 5.56 Å². The number of hydrogen-bond donors (Lipinski definition) is 2. The lowest BCUT2D eigenvalue weighted by atomic mass is 9.84. The number of nitro groups is 1. The molecule has 0 aromatic heterocycles. The lowest BCUT2D eigenvalue weighted by molar-refractivity contribution is -0.384. The van der Waals surface area contributed by atoms with E-state index in [0.29, 0.717) is 5.75 Å². The van der Waals surface area contributed by atoms with Crippen molar-refractivity contribution in [3.63, 3.8) is 0 Å². The minimum absolute atomic E-state index is 0.103. The van der Waals surface area contributed by atoms with Crippen molar-refractivity contribution in [3.8, 4) is 5.75 Å². The zero-order valence-electron chi connectivity index (χ0n) is 13.5. The van der Waals surface area contributed by atoms with E-state index in [0.717, 1.165) is 31.5 Å². The summed E-state index contributed by atoms with van der Waals surface area (Å²) in [5.41, 5.74) is 5.71. The summed E-state index contributed by atoms with van der Waals surface area (Å²) in [5, 5.41) is 22.0. The first-order valence-corrected chi connectivity index (χ1v) is 8.00. The number of nitro benzene ring substituents is 1. The molecule has 2 aliphatic heterocycles. The van der Waals surface area contributed by atoms with Crippen molar-refractivity contribution in [1.29, 1.82) is 0 Å². The third-order valence-corrected chi connectivity index (χ3v) is 4.84. The Hall–Kier alpha value is -1.86. The van der Waals surface area contributed by atoms with Gasteiger partial charge in [0.25, 0.3) is 5.69 Å². The van der Waals surface area contributed by atoms with Gasteiger partial charge in [0.15, 0.2) is 0 Å². The zero-order chi connectivity index (χ0) is 16.8. The Labute approximate surface area is 135 Å². The Morgan fingerprint density at radius 2 is 2.00 bits per heavy atom. The fourth-order valence-corrected chi connectivity index (χ4v) is 3.57. The molecule has 0 bridgehead atoms. The quantitative estimate of drug-likeness (QED) is 0.492. The molecule has 3 rings (SSSR count). The van der Waals surface area contributed by atoms with Crippen LogP contribution in [0.4, 0.5) is 11.4 Å². The molecule has 126 valence electrons. The van der Waals surface area contributed by atoms with Crippen LogP contribution in [0, 0.1) is 10.1 Å². The second kappa shape index (κ2) is 5.65. The number of ether oxygens (including phenoxy) is 1. The SMILES string of the molecule is CC1(C)Oc2cc([N+](=O)[O-])c(N)cc2[C@@H](N2CCCCC2)[C@@H]1O. The van der Waals surface area contributed by atoms with Crippen LogP contribution < -0.4 is 10.5 Å². The first kappa shape index (κ1) is 16.0. The van der Waals surface area contributed by atoms with Crippen LogP contribution in [0.1, 0.15) is 44.7 Å². The van der Waals surface area contributed by atoms with Crippen LogP contribution in [0.25, 0.3) is 0 Å². The molecule has 0 saturated carbocycles. The molecule has 2 aliphatic rings. The summed E-state index contributed by atoms with van der Waals surface area (Å²) in [6, 6.07) is 2.72. The summed E-state index contributed by atoms with van der Waals surface area (Å²) in [7, 11) is 0. The van der Waals surface area contributed by atoms with Crippen LogP contribution in [0.2, 0.25) is 0 Å². The highest BCUT2D eigenvalue weighted by molar-refractivity contribution is 5.65. The van der Waals surface area contributed by atoms with Crippen LogP contribution in [0.3, 0.4) is 0 Å². The van der Waals surface area contributed by atoms with Crippen LogP contribution in [-0.2, 0) is 0 Å². The normalized spacial score (nSPS) is 27.1. The second-order valence-electron chi connectivity index (χ2n) is 6.90. The van der Waals surface area contributed by atoms with E-state index in [4.69, 9.17) is 10.5 Å². The maximum Gasteiger partial charge on any atom is 0.295 e. The van der Waals surface area contributed by atoms with Crippen molar-refractivity contribution in [2.24, 2.45) is 0 Å². The molecule has 7 heteroatoms. The molecule has 1 aromatic rings. The first-order valence-electron chi connectivity index (χ1n) is 8.00. The van der Waals surface area contributed by atoms with Crippen molar-refractivity contribution >= 4 is 11.4 Å². The molecule has 0 aliphatic carbocycles. The van der Waals surface area contributed by atoms with Crippen LogP contribution in [0.5, 0.6) is 5.75 Å². The highest BCUT2D eigenvalue weighted by atomic mass is 16.6. The van der Waals surface area contributed by atoms with Crippen LogP contribution in [0.15, 0.2) is 12.1 Å². The summed E-state index contributed by atoms with van der Waals surface area (Å²) < 4.78 is 5.86. The minimum Gasteiger partial charge on any atom is -0.484 e. The Bertz CT molecular complexity index is 626. The van der Waals surface area contributed by atoms with Gasteiger partial charge in [-0.25, -0.2) is 0 Å². The van der Waals surface area contributed by atoms with Gasteiger partial charge in [-0.1, -0.05) is 6.42 Å². The van der Waals surface area contributed by atoms with E-state index in [2.05, 4.69) is 4.90 Å². The van der Waals surface area contributed by atoms with Crippen LogP contribution >= 0.6 is 0 Å². The molecule has 1 fully saturated rings. The van der Waals surface area contributed by atoms with E-state index >= 15 is 0 Å². The van der Waals surface area contributed by atoms with Crippen molar-refractivity contribution in [2.45, 2.75) is 50.9 Å². The van der Waals surface area contributed by atoms with Crippen molar-refractivity contribution in [1.82, 2.24) is 4.90 Å². The fraction of sp³-hybridized carbons (Fsp3) is 0.625. The number of aliphatic hydroxyl groups excluding tert-OH is 1. The molecule has 0 radical (unpaired) electrons. The number of fused-ring (bicyclic) bond motifs is 1. The van der Waals surface area contributed by atoms with Crippen molar-refractivity contribution < 1.29 is 14.8 Å². The van der Waals surface area contributed by atoms with Gasteiger partial charge in [-0.05, 0) is 45.8 Å². The second-order valence-corrected chi connectivity index (χ2v) is 6.90. The van der Waals surface area contributed by atoms with Crippen molar-refractivity contribution in [2.75, 3.05) is 18.8 Å². The zero-order valence-corrected chi connectivity index (χ0v) is 13.5. The predicted molar refractivity (Wildman–Crippen MR) is 86.4 cm³/mol. The van der Waals surface area contributed by atoms with E-state index in [1.807, 2.05) is 0 Å². The van der Waals surface area contributed by atoms with Gasteiger partial charge in [-0.2, -0.15) is 0 Å². The largest absolute Gasteiger partial charge is 0.484 e. The lowest BCUT2D eigenvalue weighted by Gasteiger charge is -2.47. The summed E-state index contributed by atoms with van der Waals surface area (Å²) in [5.74, 6) is 0.441. The molecular formula is C16H23N3O4. The highest BCUT2D eigenvalue weighted by Crippen LogP contribution is 2.46. The standard InChI is InChI=1S/C16H23N3O4/c1-16(2)15(20)14(18-6-4-3-5-7-18)10-8-11(17)12(19(21)22)9-13(10)23-16/h8-9,14-15,20H,3-7,17H2,1-2H3/t14-,15+/m1/s1. The maximum absolute atomic E-state index is 11.1. The number of nitrogens with two attached hydrogens (primary N) is 1. The Morgan fingerprint density at radius 3 is 2.61 bits per heavy atom. The Balaban J connectivity index is 2.09. The molecule has 0 amide bonds. The number of piperidine rings is 1.